The lowest BCUT2D eigenvalue weighted by Gasteiger charge is -2.16. The number of rotatable bonds is 4. The molecule has 0 spiro atoms. The van der Waals surface area contributed by atoms with E-state index in [0.717, 1.165) is 11.6 Å². The lowest BCUT2D eigenvalue weighted by Crippen LogP contribution is -2.30. The fourth-order valence-corrected chi connectivity index (χ4v) is 5.87. The highest BCUT2D eigenvalue weighted by atomic mass is 35.5. The number of carbonyl (C=O) groups excluding carboxylic acids is 1. The molecule has 2 aromatic carbocycles. The number of halogens is 1. The van der Waals surface area contributed by atoms with Crippen molar-refractivity contribution in [2.75, 3.05) is 5.32 Å². The van der Waals surface area contributed by atoms with Crippen LogP contribution in [0.1, 0.15) is 28.9 Å². The molecule has 1 aliphatic rings. The van der Waals surface area contributed by atoms with Crippen LogP contribution in [-0.2, 0) is 26.5 Å². The van der Waals surface area contributed by atoms with Crippen LogP contribution >= 0.6 is 11.6 Å². The number of carbonyl (C=O) groups is 1. The molecule has 14 heteroatoms. The molecule has 33 heavy (non-hydrogen) atoms. The SMILES string of the molecule is C[C@@H]1Cc2cccc3c(O)c(C(=O)Nc4cc(Cl)c(S(N)(=O)=O)cc4S(N)(=O)=O)c(=O)n1c23. The van der Waals surface area contributed by atoms with E-state index in [2.05, 4.69) is 5.32 Å². The van der Waals surface area contributed by atoms with E-state index < -0.39 is 63.3 Å². The number of hydrogen-bond donors (Lipinski definition) is 4. The Morgan fingerprint density at radius 2 is 1.79 bits per heavy atom. The maximum atomic E-state index is 13.1. The Hall–Kier alpha value is -2.97. The number of amides is 1. The highest BCUT2D eigenvalue weighted by Gasteiger charge is 2.30. The maximum absolute atomic E-state index is 13.1. The molecule has 0 fully saturated rings. The summed E-state index contributed by atoms with van der Waals surface area (Å²) in [4.78, 5) is 24.7. The number of aromatic nitrogens is 1. The smallest absolute Gasteiger partial charge is 0.268 e. The van der Waals surface area contributed by atoms with Gasteiger partial charge in [0.05, 0.1) is 16.2 Å². The summed E-state index contributed by atoms with van der Waals surface area (Å²) in [6, 6.07) is 6.18. The summed E-state index contributed by atoms with van der Waals surface area (Å²) in [5.74, 6) is -1.72. The third-order valence-corrected chi connectivity index (χ3v) is 7.69. The largest absolute Gasteiger partial charge is 0.506 e. The quantitative estimate of drug-likeness (QED) is 0.400. The van der Waals surface area contributed by atoms with Gasteiger partial charge in [-0.25, -0.2) is 27.1 Å². The summed E-state index contributed by atoms with van der Waals surface area (Å²) >= 11 is 5.92. The van der Waals surface area contributed by atoms with Crippen molar-refractivity contribution in [3.05, 3.63) is 56.8 Å². The van der Waals surface area contributed by atoms with Crippen molar-refractivity contribution in [1.82, 2.24) is 4.57 Å². The maximum Gasteiger partial charge on any atom is 0.268 e. The van der Waals surface area contributed by atoms with Crippen molar-refractivity contribution < 1.29 is 26.7 Å². The lowest BCUT2D eigenvalue weighted by molar-refractivity contribution is 0.102. The van der Waals surface area contributed by atoms with E-state index in [9.17, 15) is 31.5 Å². The fourth-order valence-electron chi connectivity index (χ4n) is 4.00. The summed E-state index contributed by atoms with van der Waals surface area (Å²) < 4.78 is 48.9. The zero-order valence-corrected chi connectivity index (χ0v) is 19.3. The fraction of sp³-hybridized carbons (Fsp3) is 0.158. The van der Waals surface area contributed by atoms with Gasteiger partial charge in [0.25, 0.3) is 11.5 Å². The molecule has 0 bridgehead atoms. The molecule has 6 N–H and O–H groups in total. The average Bonchev–Trinajstić information content (AvgIpc) is 3.01. The van der Waals surface area contributed by atoms with Crippen molar-refractivity contribution >= 4 is 54.1 Å². The second-order valence-corrected chi connectivity index (χ2v) is 11.1. The second kappa shape index (κ2) is 7.53. The topological polar surface area (TPSA) is 192 Å². The highest BCUT2D eigenvalue weighted by molar-refractivity contribution is 7.90. The van der Waals surface area contributed by atoms with Gasteiger partial charge < -0.3 is 15.0 Å². The summed E-state index contributed by atoms with van der Waals surface area (Å²) in [6.07, 6.45) is 0.525. The minimum atomic E-state index is -4.57. The van der Waals surface area contributed by atoms with Crippen LogP contribution in [0.25, 0.3) is 10.9 Å². The van der Waals surface area contributed by atoms with Crippen LogP contribution in [0.4, 0.5) is 5.69 Å². The molecular formula is C19H17ClN4O7S2. The summed E-state index contributed by atoms with van der Waals surface area (Å²) in [5, 5.41) is 22.9. The Morgan fingerprint density at radius 3 is 2.39 bits per heavy atom. The first-order chi connectivity index (χ1) is 15.2. The summed E-state index contributed by atoms with van der Waals surface area (Å²) in [5.41, 5.74) is -0.558. The van der Waals surface area contributed by atoms with Crippen molar-refractivity contribution in [2.45, 2.75) is 29.2 Å². The van der Waals surface area contributed by atoms with Crippen LogP contribution in [0, 0.1) is 0 Å². The number of aromatic hydroxyl groups is 1. The molecular weight excluding hydrogens is 496 g/mol. The zero-order chi connectivity index (χ0) is 24.5. The van der Waals surface area contributed by atoms with E-state index >= 15 is 0 Å². The molecule has 1 atom stereocenters. The first kappa shape index (κ1) is 23.2. The first-order valence-electron chi connectivity index (χ1n) is 9.31. The van der Waals surface area contributed by atoms with Crippen molar-refractivity contribution in [1.29, 1.82) is 0 Å². The van der Waals surface area contributed by atoms with Crippen LogP contribution in [0.2, 0.25) is 5.02 Å². The molecule has 0 aliphatic carbocycles. The molecule has 0 saturated heterocycles. The molecule has 11 nitrogen and oxygen atoms in total. The Balaban J connectivity index is 1.91. The number of nitrogens with two attached hydrogens (primary N) is 2. The molecule has 4 rings (SSSR count). The number of para-hydroxylation sites is 1. The van der Waals surface area contributed by atoms with Crippen molar-refractivity contribution in [3.8, 4) is 5.75 Å². The second-order valence-electron chi connectivity index (χ2n) is 7.59. The Morgan fingerprint density at radius 1 is 1.15 bits per heavy atom. The van der Waals surface area contributed by atoms with E-state index in [1.807, 2.05) is 6.07 Å². The number of nitrogens with one attached hydrogen (secondary N) is 1. The lowest BCUT2D eigenvalue weighted by atomic mass is 10.1. The number of benzene rings is 2. The molecule has 3 aromatic rings. The molecule has 1 amide bonds. The molecule has 0 radical (unpaired) electrons. The molecule has 0 saturated carbocycles. The monoisotopic (exact) mass is 512 g/mol. The van der Waals surface area contributed by atoms with Crippen LogP contribution in [0.5, 0.6) is 5.75 Å². The normalized spacial score (nSPS) is 15.7. The predicted octanol–water partition coefficient (Wildman–Crippen LogP) is 1.02. The number of nitrogens with zero attached hydrogens (tertiary/aromatic N) is 1. The van der Waals surface area contributed by atoms with E-state index in [-0.39, 0.29) is 11.4 Å². The molecule has 1 aromatic heterocycles. The minimum absolute atomic E-state index is 0.274. The van der Waals surface area contributed by atoms with Gasteiger partial charge in [-0.1, -0.05) is 23.7 Å². The van der Waals surface area contributed by atoms with Crippen molar-refractivity contribution in [3.63, 3.8) is 0 Å². The first-order valence-corrected chi connectivity index (χ1v) is 12.8. The van der Waals surface area contributed by atoms with Gasteiger partial charge >= 0.3 is 0 Å². The number of hydrogen-bond acceptors (Lipinski definition) is 7. The zero-order valence-electron chi connectivity index (χ0n) is 16.9. The summed E-state index contributed by atoms with van der Waals surface area (Å²) in [6.45, 7) is 1.78. The van der Waals surface area contributed by atoms with Gasteiger partial charge in [-0.15, -0.1) is 0 Å². The van der Waals surface area contributed by atoms with Crippen molar-refractivity contribution in [2.24, 2.45) is 10.3 Å². The summed E-state index contributed by atoms with van der Waals surface area (Å²) in [7, 11) is -8.99. The van der Waals surface area contributed by atoms with Gasteiger partial charge in [-0.3, -0.25) is 9.59 Å². The number of sulfonamides is 2. The molecule has 0 unspecified atom stereocenters. The van der Waals surface area contributed by atoms with Gasteiger partial charge in [0.15, 0.2) is 0 Å². The van der Waals surface area contributed by atoms with E-state index in [0.29, 0.717) is 18.0 Å². The third kappa shape index (κ3) is 3.77. The molecule has 174 valence electrons. The van der Waals surface area contributed by atoms with Gasteiger partial charge in [-0.2, -0.15) is 0 Å². The van der Waals surface area contributed by atoms with Crippen LogP contribution < -0.4 is 21.2 Å². The Bertz CT molecular complexity index is 1650. The highest BCUT2D eigenvalue weighted by Crippen LogP contribution is 2.37. The van der Waals surface area contributed by atoms with E-state index in [1.165, 1.54) is 4.57 Å². The number of primary sulfonamides is 2. The number of anilines is 1. The Kier molecular flexibility index (Phi) is 5.29. The standard InChI is InChI=1S/C19H17ClN4O7S2/c1-8-5-9-3-2-4-10-16(9)24(8)19(27)15(17(10)25)18(26)23-12-6-11(20)13(32(21,28)29)7-14(12)33(22,30)31/h2-4,6-8,25H,5H2,1H3,(H,23,26)(H2,21,28,29)(H2,22,30,31)/t8-/m1/s1. The predicted molar refractivity (Wildman–Crippen MR) is 120 cm³/mol. The number of pyridine rings is 1. The van der Waals surface area contributed by atoms with Crippen LogP contribution in [0.3, 0.4) is 0 Å². The van der Waals surface area contributed by atoms with Gasteiger partial charge in [0.1, 0.15) is 21.1 Å². The third-order valence-electron chi connectivity index (χ3n) is 5.36. The average molecular weight is 513 g/mol. The van der Waals surface area contributed by atoms with E-state index in [4.69, 9.17) is 21.9 Å². The minimum Gasteiger partial charge on any atom is -0.506 e. The van der Waals surface area contributed by atoms with Gasteiger partial charge in [0, 0.05) is 11.4 Å². The van der Waals surface area contributed by atoms with Crippen LogP contribution in [0.15, 0.2) is 44.9 Å². The Labute approximate surface area is 192 Å². The molecule has 2 heterocycles. The van der Waals surface area contributed by atoms with Gasteiger partial charge in [0.2, 0.25) is 20.0 Å². The van der Waals surface area contributed by atoms with E-state index in [1.54, 1.807) is 19.1 Å². The molecule has 1 aliphatic heterocycles. The van der Waals surface area contributed by atoms with Gasteiger partial charge in [-0.05, 0) is 37.1 Å². The van der Waals surface area contributed by atoms with Crippen LogP contribution in [-0.4, -0.2) is 32.4 Å².